The fourth-order valence-electron chi connectivity index (χ4n) is 5.27. The van der Waals surface area contributed by atoms with E-state index in [-0.39, 0.29) is 5.56 Å². The van der Waals surface area contributed by atoms with Crippen molar-refractivity contribution in [2.24, 2.45) is 0 Å². The highest BCUT2D eigenvalue weighted by Crippen LogP contribution is 2.31. The van der Waals surface area contributed by atoms with Crippen LogP contribution in [0.1, 0.15) is 36.8 Å². The van der Waals surface area contributed by atoms with Crippen molar-refractivity contribution in [3.63, 3.8) is 0 Å². The highest BCUT2D eigenvalue weighted by molar-refractivity contribution is 5.83. The molecule has 3 aromatic rings. The molecule has 7 heteroatoms. The van der Waals surface area contributed by atoms with Gasteiger partial charge < -0.3 is 29.0 Å². The Kier molecular flexibility index (Phi) is 6.59. The number of aryl methyl sites for hydroxylation is 1. The lowest BCUT2D eigenvalue weighted by Gasteiger charge is -2.32. The molecule has 7 nitrogen and oxygen atoms in total. The molecule has 0 radical (unpaired) electrons. The molecule has 2 fully saturated rings. The summed E-state index contributed by atoms with van der Waals surface area (Å²) in [7, 11) is 0. The minimum Gasteiger partial charge on any atom is -0.490 e. The number of aromatic nitrogens is 1. The minimum atomic E-state index is 0.0690. The number of benzene rings is 2. The summed E-state index contributed by atoms with van der Waals surface area (Å²) in [5.74, 6) is 2.56. The summed E-state index contributed by atoms with van der Waals surface area (Å²) in [5.41, 5.74) is 3.29. The third kappa shape index (κ3) is 5.22. The lowest BCUT2D eigenvalue weighted by atomic mass is 10.0. The van der Waals surface area contributed by atoms with E-state index in [1.807, 2.05) is 23.6 Å². The van der Waals surface area contributed by atoms with Crippen molar-refractivity contribution in [2.45, 2.75) is 57.8 Å². The van der Waals surface area contributed by atoms with Crippen LogP contribution >= 0.6 is 0 Å². The Morgan fingerprint density at radius 1 is 0.944 bits per heavy atom. The fourth-order valence-corrected chi connectivity index (χ4v) is 5.27. The van der Waals surface area contributed by atoms with Gasteiger partial charge in [-0.2, -0.15) is 0 Å². The number of nitrogens with one attached hydrogen (secondary N) is 1. The second kappa shape index (κ2) is 10.1. The summed E-state index contributed by atoms with van der Waals surface area (Å²) in [6, 6.07) is 14.6. The van der Waals surface area contributed by atoms with Crippen LogP contribution in [0.4, 0.5) is 0 Å². The van der Waals surface area contributed by atoms with E-state index in [1.54, 1.807) is 6.07 Å². The highest BCUT2D eigenvalue weighted by Gasteiger charge is 2.24. The zero-order chi connectivity index (χ0) is 24.5. The van der Waals surface area contributed by atoms with Crippen LogP contribution in [-0.4, -0.2) is 54.5 Å². The molecule has 0 unspecified atom stereocenters. The van der Waals surface area contributed by atoms with Gasteiger partial charge >= 0.3 is 0 Å². The van der Waals surface area contributed by atoms with Gasteiger partial charge in [-0.1, -0.05) is 6.07 Å². The molecule has 190 valence electrons. The van der Waals surface area contributed by atoms with Crippen LogP contribution in [0.5, 0.6) is 17.2 Å². The first-order chi connectivity index (χ1) is 17.6. The quantitative estimate of drug-likeness (QED) is 0.518. The first-order valence-corrected chi connectivity index (χ1v) is 13.3. The largest absolute Gasteiger partial charge is 0.490 e. The molecule has 1 aromatic heterocycles. The molecule has 1 saturated heterocycles. The summed E-state index contributed by atoms with van der Waals surface area (Å²) in [5, 5.41) is 4.84. The highest BCUT2D eigenvalue weighted by atomic mass is 16.6. The van der Waals surface area contributed by atoms with Crippen LogP contribution in [0.3, 0.4) is 0 Å². The number of ether oxygens (including phenoxy) is 3. The van der Waals surface area contributed by atoms with E-state index in [9.17, 15) is 4.79 Å². The molecular weight excluding hydrogens is 454 g/mol. The van der Waals surface area contributed by atoms with Gasteiger partial charge in [0.15, 0.2) is 11.5 Å². The normalized spacial score (nSPS) is 18.5. The second-order valence-electron chi connectivity index (χ2n) is 10.3. The van der Waals surface area contributed by atoms with E-state index in [2.05, 4.69) is 34.5 Å². The van der Waals surface area contributed by atoms with Crippen molar-refractivity contribution in [2.75, 3.05) is 32.8 Å². The number of likely N-dealkylation sites (tertiary alicyclic amines) is 1. The number of fused-ring (bicyclic) bond motifs is 2. The van der Waals surface area contributed by atoms with E-state index in [1.165, 1.54) is 5.56 Å². The molecule has 2 aromatic carbocycles. The smallest absolute Gasteiger partial charge is 0.251 e. The zero-order valence-electron chi connectivity index (χ0n) is 21.0. The van der Waals surface area contributed by atoms with Gasteiger partial charge in [-0.25, -0.2) is 0 Å². The van der Waals surface area contributed by atoms with Gasteiger partial charge in [-0.15, -0.1) is 0 Å². The Morgan fingerprint density at radius 2 is 1.75 bits per heavy atom. The van der Waals surface area contributed by atoms with E-state index >= 15 is 0 Å². The topological polar surface area (TPSA) is 65.0 Å². The van der Waals surface area contributed by atoms with Crippen molar-refractivity contribution >= 4 is 10.9 Å². The maximum Gasteiger partial charge on any atom is 0.251 e. The van der Waals surface area contributed by atoms with E-state index in [0.717, 1.165) is 85.6 Å². The molecule has 3 heterocycles. The van der Waals surface area contributed by atoms with Crippen LogP contribution < -0.4 is 25.1 Å². The molecule has 0 bridgehead atoms. The third-order valence-corrected chi connectivity index (χ3v) is 7.55. The number of hydrogen-bond donors (Lipinski definition) is 1. The molecule has 36 heavy (non-hydrogen) atoms. The third-order valence-electron chi connectivity index (χ3n) is 7.55. The fraction of sp³-hybridized carbons (Fsp3) is 0.483. The second-order valence-corrected chi connectivity index (χ2v) is 10.3. The van der Waals surface area contributed by atoms with Gasteiger partial charge in [-0.05, 0) is 81.1 Å². The monoisotopic (exact) mass is 489 g/mol. The Labute approximate surface area is 212 Å². The van der Waals surface area contributed by atoms with Crippen LogP contribution in [-0.2, 0) is 13.1 Å². The maximum atomic E-state index is 12.9. The van der Waals surface area contributed by atoms with Gasteiger partial charge in [0, 0.05) is 43.2 Å². The Bertz CT molecular complexity index is 1290. The Balaban J connectivity index is 1.04. The van der Waals surface area contributed by atoms with Gasteiger partial charge in [0.1, 0.15) is 19.0 Å². The van der Waals surface area contributed by atoms with Crippen molar-refractivity contribution in [1.29, 1.82) is 0 Å². The van der Waals surface area contributed by atoms with Crippen LogP contribution in [0, 0.1) is 6.92 Å². The van der Waals surface area contributed by atoms with Gasteiger partial charge in [0.25, 0.3) is 5.56 Å². The summed E-state index contributed by atoms with van der Waals surface area (Å²) in [6.45, 7) is 7.71. The lowest BCUT2D eigenvalue weighted by molar-refractivity contribution is 0.171. The van der Waals surface area contributed by atoms with Crippen LogP contribution in [0.2, 0.25) is 0 Å². The van der Waals surface area contributed by atoms with E-state index in [0.29, 0.717) is 31.9 Å². The Hall–Kier alpha value is -3.03. The summed E-state index contributed by atoms with van der Waals surface area (Å²) in [6.07, 6.45) is 4.80. The molecule has 1 saturated carbocycles. The molecule has 2 aliphatic heterocycles. The number of rotatable bonds is 8. The minimum absolute atomic E-state index is 0.0690. The maximum absolute atomic E-state index is 12.9. The van der Waals surface area contributed by atoms with E-state index in [4.69, 9.17) is 14.2 Å². The molecule has 0 spiro atoms. The Morgan fingerprint density at radius 3 is 2.56 bits per heavy atom. The average molecular weight is 490 g/mol. The number of pyridine rings is 1. The SMILES string of the molecule is Cc1cc(=O)n(CCN2CCC(NCc3ccc4c(c3)OCCO4)CC2)c2cc(OC3CC3)ccc12. The molecule has 0 atom stereocenters. The van der Waals surface area contributed by atoms with E-state index < -0.39 is 0 Å². The lowest BCUT2D eigenvalue weighted by Crippen LogP contribution is -2.43. The number of hydrogen-bond acceptors (Lipinski definition) is 6. The van der Waals surface area contributed by atoms with Crippen LogP contribution in [0.15, 0.2) is 47.3 Å². The zero-order valence-corrected chi connectivity index (χ0v) is 21.0. The first kappa shape index (κ1) is 23.4. The molecule has 0 amide bonds. The summed E-state index contributed by atoms with van der Waals surface area (Å²) in [4.78, 5) is 15.4. The predicted molar refractivity (Wildman–Crippen MR) is 140 cm³/mol. The van der Waals surface area contributed by atoms with Crippen molar-refractivity contribution in [3.05, 3.63) is 63.9 Å². The average Bonchev–Trinajstić information content (AvgIpc) is 3.72. The van der Waals surface area contributed by atoms with Crippen molar-refractivity contribution in [1.82, 2.24) is 14.8 Å². The molecule has 1 aliphatic carbocycles. The van der Waals surface area contributed by atoms with Gasteiger partial charge in [0.2, 0.25) is 0 Å². The molecule has 1 N–H and O–H groups in total. The summed E-state index contributed by atoms with van der Waals surface area (Å²) >= 11 is 0. The van der Waals surface area contributed by atoms with Gasteiger partial charge in [0.05, 0.1) is 11.6 Å². The van der Waals surface area contributed by atoms with Crippen molar-refractivity contribution in [3.8, 4) is 17.2 Å². The standard InChI is InChI=1S/C29H35N3O4/c1-20-16-29(33)32(26-18-24(5-6-25(20)26)36-23-3-4-23)13-12-31-10-8-22(9-11-31)30-19-21-2-7-27-28(17-21)35-15-14-34-27/h2,5-7,16-18,22-23,30H,3-4,8-15,19H2,1H3. The van der Waals surface area contributed by atoms with Crippen molar-refractivity contribution < 1.29 is 14.2 Å². The number of nitrogens with zero attached hydrogens (tertiary/aromatic N) is 2. The molecule has 6 rings (SSSR count). The number of piperidine rings is 1. The van der Waals surface area contributed by atoms with Gasteiger partial charge in [-0.3, -0.25) is 4.79 Å². The van der Waals surface area contributed by atoms with Crippen LogP contribution in [0.25, 0.3) is 10.9 Å². The first-order valence-electron chi connectivity index (χ1n) is 13.3. The predicted octanol–water partition coefficient (Wildman–Crippen LogP) is 3.88. The summed E-state index contributed by atoms with van der Waals surface area (Å²) < 4.78 is 19.3. The molecule has 3 aliphatic rings. The molecular formula is C29H35N3O4.